The molecule has 2 fully saturated rings. The molecule has 2 N–H and O–H groups in total. The maximum absolute atomic E-state index is 10.7. The predicted molar refractivity (Wildman–Crippen MR) is 66.3 cm³/mol. The summed E-state index contributed by atoms with van der Waals surface area (Å²) in [6.07, 6.45) is 6.94. The van der Waals surface area contributed by atoms with E-state index >= 15 is 0 Å². The molecule has 2 aliphatic rings. The Morgan fingerprint density at radius 2 is 2.33 bits per heavy atom. The van der Waals surface area contributed by atoms with Gasteiger partial charge in [-0.15, -0.1) is 0 Å². The van der Waals surface area contributed by atoms with Crippen molar-refractivity contribution in [3.63, 3.8) is 0 Å². The van der Waals surface area contributed by atoms with E-state index in [0.717, 1.165) is 24.3 Å². The Bertz CT molecular complexity index is 440. The van der Waals surface area contributed by atoms with Crippen LogP contribution in [0.5, 0.6) is 0 Å². The molecule has 1 heterocycles. The van der Waals surface area contributed by atoms with E-state index in [-0.39, 0.29) is 5.56 Å². The van der Waals surface area contributed by atoms with Gasteiger partial charge in [-0.25, -0.2) is 4.79 Å². The molecular formula is C14H19NO3. The number of fused-ring (bicyclic) bond motifs is 2. The minimum atomic E-state index is -0.932. The van der Waals surface area contributed by atoms with E-state index < -0.39 is 5.97 Å². The van der Waals surface area contributed by atoms with E-state index in [2.05, 4.69) is 5.32 Å². The second kappa shape index (κ2) is 4.76. The number of nitrogens with one attached hydrogen (secondary N) is 1. The van der Waals surface area contributed by atoms with Gasteiger partial charge in [-0.2, -0.15) is 0 Å². The molecule has 0 saturated heterocycles. The third-order valence-electron chi connectivity index (χ3n) is 4.49. The lowest BCUT2D eigenvalue weighted by Crippen LogP contribution is -2.26. The highest BCUT2D eigenvalue weighted by Crippen LogP contribution is 2.47. The fourth-order valence-corrected chi connectivity index (χ4v) is 3.59. The monoisotopic (exact) mass is 249 g/mol. The van der Waals surface area contributed by atoms with Crippen LogP contribution in [0, 0.1) is 17.8 Å². The Balaban J connectivity index is 1.45. The smallest absolute Gasteiger partial charge is 0.338 e. The van der Waals surface area contributed by atoms with Crippen molar-refractivity contribution >= 4 is 5.97 Å². The topological polar surface area (TPSA) is 62.5 Å². The van der Waals surface area contributed by atoms with Crippen molar-refractivity contribution in [1.82, 2.24) is 5.32 Å². The van der Waals surface area contributed by atoms with Crippen molar-refractivity contribution in [3.8, 4) is 0 Å². The van der Waals surface area contributed by atoms with Crippen LogP contribution in [0.1, 0.15) is 41.8 Å². The quantitative estimate of drug-likeness (QED) is 0.841. The van der Waals surface area contributed by atoms with Gasteiger partial charge in [0.05, 0.1) is 12.1 Å². The van der Waals surface area contributed by atoms with Crippen molar-refractivity contribution in [1.29, 1.82) is 0 Å². The minimum absolute atomic E-state index is 0.228. The zero-order valence-electron chi connectivity index (χ0n) is 10.4. The van der Waals surface area contributed by atoms with Gasteiger partial charge in [0.25, 0.3) is 0 Å². The van der Waals surface area contributed by atoms with Gasteiger partial charge in [-0.05, 0) is 49.6 Å². The summed E-state index contributed by atoms with van der Waals surface area (Å²) in [5.74, 6) is 2.49. The average molecular weight is 249 g/mol. The van der Waals surface area contributed by atoms with Crippen LogP contribution in [0.2, 0.25) is 0 Å². The third-order valence-corrected chi connectivity index (χ3v) is 4.49. The summed E-state index contributed by atoms with van der Waals surface area (Å²) in [5.41, 5.74) is 0.228. The van der Waals surface area contributed by atoms with Crippen LogP contribution in [0.3, 0.4) is 0 Å². The average Bonchev–Trinajstić information content (AvgIpc) is 3.03. The number of carbonyl (C=O) groups is 1. The highest BCUT2D eigenvalue weighted by Gasteiger charge is 2.38. The molecule has 0 amide bonds. The number of hydrogen-bond donors (Lipinski definition) is 2. The number of carboxylic acid groups (broad SMARTS) is 1. The van der Waals surface area contributed by atoms with Crippen LogP contribution < -0.4 is 5.32 Å². The van der Waals surface area contributed by atoms with Crippen LogP contribution in [-0.4, -0.2) is 17.6 Å². The molecule has 1 aromatic heterocycles. The molecule has 3 rings (SSSR count). The molecule has 1 aromatic rings. The Hall–Kier alpha value is -1.29. The van der Waals surface area contributed by atoms with Crippen LogP contribution >= 0.6 is 0 Å². The standard InChI is InChI=1S/C14H19NO3/c16-14(17)12-5-13(18-8-12)7-15-6-11-4-9-1-2-10(11)3-9/h5,8-11,15H,1-4,6-7H2,(H,16,17). The van der Waals surface area contributed by atoms with Crippen molar-refractivity contribution in [2.24, 2.45) is 17.8 Å². The lowest BCUT2D eigenvalue weighted by atomic mass is 9.89. The van der Waals surface area contributed by atoms with Gasteiger partial charge in [0.1, 0.15) is 12.0 Å². The van der Waals surface area contributed by atoms with Crippen molar-refractivity contribution in [2.45, 2.75) is 32.2 Å². The zero-order chi connectivity index (χ0) is 12.5. The molecule has 3 unspecified atom stereocenters. The minimum Gasteiger partial charge on any atom is -0.478 e. The largest absolute Gasteiger partial charge is 0.478 e. The summed E-state index contributed by atoms with van der Waals surface area (Å²) in [6.45, 7) is 1.66. The SMILES string of the molecule is O=C(O)c1coc(CNCC2CC3CCC2C3)c1. The normalized spacial score (nSPS) is 29.9. The number of carboxylic acids is 1. The summed E-state index contributed by atoms with van der Waals surface area (Å²) in [6, 6.07) is 1.59. The van der Waals surface area contributed by atoms with E-state index in [1.165, 1.54) is 31.9 Å². The maximum Gasteiger partial charge on any atom is 0.338 e. The maximum atomic E-state index is 10.7. The zero-order valence-corrected chi connectivity index (χ0v) is 10.4. The Morgan fingerprint density at radius 1 is 1.44 bits per heavy atom. The molecule has 2 aliphatic carbocycles. The van der Waals surface area contributed by atoms with Gasteiger partial charge in [-0.3, -0.25) is 0 Å². The first-order valence-electron chi connectivity index (χ1n) is 6.74. The van der Waals surface area contributed by atoms with Crippen molar-refractivity contribution in [3.05, 3.63) is 23.7 Å². The second-order valence-electron chi connectivity index (χ2n) is 5.67. The van der Waals surface area contributed by atoms with E-state index in [1.54, 1.807) is 6.07 Å². The molecule has 2 bridgehead atoms. The molecule has 0 radical (unpaired) electrons. The van der Waals surface area contributed by atoms with E-state index in [1.807, 2.05) is 0 Å². The second-order valence-corrected chi connectivity index (χ2v) is 5.67. The predicted octanol–water partition coefficient (Wildman–Crippen LogP) is 2.50. The molecule has 4 nitrogen and oxygen atoms in total. The fourth-order valence-electron chi connectivity index (χ4n) is 3.59. The molecular weight excluding hydrogens is 230 g/mol. The van der Waals surface area contributed by atoms with Gasteiger partial charge in [0.15, 0.2) is 0 Å². The Labute approximate surface area is 106 Å². The van der Waals surface area contributed by atoms with E-state index in [9.17, 15) is 4.79 Å². The van der Waals surface area contributed by atoms with Gasteiger partial charge in [-0.1, -0.05) is 6.42 Å². The number of rotatable bonds is 5. The summed E-state index contributed by atoms with van der Waals surface area (Å²) in [7, 11) is 0. The fraction of sp³-hybridized carbons (Fsp3) is 0.643. The van der Waals surface area contributed by atoms with Crippen LogP contribution in [-0.2, 0) is 6.54 Å². The highest BCUT2D eigenvalue weighted by atomic mass is 16.4. The van der Waals surface area contributed by atoms with E-state index in [4.69, 9.17) is 9.52 Å². The molecule has 0 aliphatic heterocycles. The summed E-state index contributed by atoms with van der Waals surface area (Å²) >= 11 is 0. The van der Waals surface area contributed by atoms with Gasteiger partial charge < -0.3 is 14.8 Å². The number of hydrogen-bond acceptors (Lipinski definition) is 3. The first-order chi connectivity index (χ1) is 8.72. The van der Waals surface area contributed by atoms with Crippen molar-refractivity contribution in [2.75, 3.05) is 6.54 Å². The summed E-state index contributed by atoms with van der Waals surface area (Å²) in [5, 5.41) is 12.2. The Morgan fingerprint density at radius 3 is 2.94 bits per heavy atom. The van der Waals surface area contributed by atoms with Crippen LogP contribution in [0.25, 0.3) is 0 Å². The number of aromatic carboxylic acids is 1. The summed E-state index contributed by atoms with van der Waals surface area (Å²) < 4.78 is 5.21. The molecule has 0 aromatic carbocycles. The molecule has 2 saturated carbocycles. The summed E-state index contributed by atoms with van der Waals surface area (Å²) in [4.78, 5) is 10.7. The Kier molecular flexibility index (Phi) is 3.12. The molecule has 4 heteroatoms. The van der Waals surface area contributed by atoms with Gasteiger partial charge in [0, 0.05) is 0 Å². The molecule has 18 heavy (non-hydrogen) atoms. The van der Waals surface area contributed by atoms with Crippen molar-refractivity contribution < 1.29 is 14.3 Å². The lowest BCUT2D eigenvalue weighted by Gasteiger charge is -2.21. The lowest BCUT2D eigenvalue weighted by molar-refractivity contribution is 0.0696. The van der Waals surface area contributed by atoms with E-state index in [0.29, 0.717) is 12.3 Å². The van der Waals surface area contributed by atoms with Crippen LogP contribution in [0.4, 0.5) is 0 Å². The van der Waals surface area contributed by atoms with Gasteiger partial charge in [0.2, 0.25) is 0 Å². The molecule has 3 atom stereocenters. The number of furan rings is 1. The molecule has 98 valence electrons. The molecule has 0 spiro atoms. The first kappa shape index (κ1) is 11.8. The van der Waals surface area contributed by atoms with Gasteiger partial charge >= 0.3 is 5.97 Å². The third kappa shape index (κ3) is 2.29. The highest BCUT2D eigenvalue weighted by molar-refractivity contribution is 5.87. The van der Waals surface area contributed by atoms with Crippen LogP contribution in [0.15, 0.2) is 16.7 Å². The first-order valence-corrected chi connectivity index (χ1v) is 6.74.